The molecular formula is C11H11F2NO4. The van der Waals surface area contributed by atoms with Gasteiger partial charge in [-0.15, -0.1) is 0 Å². The number of ether oxygens (including phenoxy) is 2. The second-order valence-corrected chi connectivity index (χ2v) is 3.16. The molecule has 0 fully saturated rings. The van der Waals surface area contributed by atoms with Gasteiger partial charge in [0.2, 0.25) is 0 Å². The second kappa shape index (κ2) is 6.53. The van der Waals surface area contributed by atoms with Crippen LogP contribution in [0.5, 0.6) is 5.75 Å². The van der Waals surface area contributed by atoms with Crippen LogP contribution >= 0.6 is 0 Å². The number of alkyl halides is 2. The van der Waals surface area contributed by atoms with Gasteiger partial charge in [0, 0.05) is 5.56 Å². The molecule has 98 valence electrons. The van der Waals surface area contributed by atoms with Crippen molar-refractivity contribution in [1.29, 1.82) is 0 Å². The van der Waals surface area contributed by atoms with E-state index in [-0.39, 0.29) is 17.9 Å². The number of amides is 1. The molecular weight excluding hydrogens is 248 g/mol. The van der Waals surface area contributed by atoms with E-state index in [2.05, 4.69) is 14.8 Å². The summed E-state index contributed by atoms with van der Waals surface area (Å²) in [5.74, 6) is -1.14. The number of rotatable bonds is 5. The molecule has 0 aliphatic heterocycles. The SMILES string of the molecule is COC(=O)CNC(=O)c1ccc(OC(F)F)cc1. The summed E-state index contributed by atoms with van der Waals surface area (Å²) in [5, 5.41) is 2.31. The lowest BCUT2D eigenvalue weighted by Gasteiger charge is -2.06. The minimum Gasteiger partial charge on any atom is -0.468 e. The monoisotopic (exact) mass is 259 g/mol. The quantitative estimate of drug-likeness (QED) is 0.807. The lowest BCUT2D eigenvalue weighted by Crippen LogP contribution is -2.30. The molecule has 0 aliphatic carbocycles. The summed E-state index contributed by atoms with van der Waals surface area (Å²) in [6, 6.07) is 5.09. The molecule has 1 amide bonds. The number of methoxy groups -OCH3 is 1. The normalized spacial score (nSPS) is 10.0. The first-order valence-corrected chi connectivity index (χ1v) is 4.93. The average Bonchev–Trinajstić information content (AvgIpc) is 2.35. The van der Waals surface area contributed by atoms with E-state index in [0.717, 1.165) is 0 Å². The molecule has 7 heteroatoms. The first-order valence-electron chi connectivity index (χ1n) is 4.93. The van der Waals surface area contributed by atoms with Crippen molar-refractivity contribution < 1.29 is 27.8 Å². The summed E-state index contributed by atoms with van der Waals surface area (Å²) >= 11 is 0. The Hall–Kier alpha value is -2.18. The third-order valence-electron chi connectivity index (χ3n) is 1.96. The van der Waals surface area contributed by atoms with E-state index >= 15 is 0 Å². The molecule has 0 saturated heterocycles. The minimum atomic E-state index is -2.91. The predicted octanol–water partition coefficient (Wildman–Crippen LogP) is 1.19. The van der Waals surface area contributed by atoms with Crippen molar-refractivity contribution in [2.75, 3.05) is 13.7 Å². The van der Waals surface area contributed by atoms with E-state index in [1.807, 2.05) is 0 Å². The van der Waals surface area contributed by atoms with Crippen LogP contribution in [-0.4, -0.2) is 32.1 Å². The van der Waals surface area contributed by atoms with Crippen LogP contribution in [0.2, 0.25) is 0 Å². The van der Waals surface area contributed by atoms with Crippen molar-refractivity contribution in [1.82, 2.24) is 5.32 Å². The summed E-state index contributed by atoms with van der Waals surface area (Å²) in [6.45, 7) is -3.17. The molecule has 0 heterocycles. The van der Waals surface area contributed by atoms with E-state index < -0.39 is 18.5 Å². The summed E-state index contributed by atoms with van der Waals surface area (Å²) in [6.07, 6.45) is 0. The molecule has 5 nitrogen and oxygen atoms in total. The smallest absolute Gasteiger partial charge is 0.387 e. The van der Waals surface area contributed by atoms with Gasteiger partial charge in [0.25, 0.3) is 5.91 Å². The highest BCUT2D eigenvalue weighted by Gasteiger charge is 2.09. The molecule has 0 atom stereocenters. The van der Waals surface area contributed by atoms with E-state index in [1.165, 1.54) is 31.4 Å². The van der Waals surface area contributed by atoms with Crippen molar-refractivity contribution in [3.8, 4) is 5.75 Å². The van der Waals surface area contributed by atoms with Gasteiger partial charge < -0.3 is 14.8 Å². The first-order chi connectivity index (χ1) is 8.52. The molecule has 0 unspecified atom stereocenters. The summed E-state index contributed by atoms with van der Waals surface area (Å²) in [7, 11) is 1.20. The lowest BCUT2D eigenvalue weighted by atomic mass is 10.2. The van der Waals surface area contributed by atoms with Crippen LogP contribution in [0.3, 0.4) is 0 Å². The fourth-order valence-electron chi connectivity index (χ4n) is 1.11. The average molecular weight is 259 g/mol. The van der Waals surface area contributed by atoms with Crippen LogP contribution in [0.25, 0.3) is 0 Å². The van der Waals surface area contributed by atoms with Gasteiger partial charge in [0.05, 0.1) is 7.11 Å². The highest BCUT2D eigenvalue weighted by Crippen LogP contribution is 2.14. The molecule has 0 bridgehead atoms. The topological polar surface area (TPSA) is 64.6 Å². The summed E-state index contributed by atoms with van der Waals surface area (Å²) in [5.41, 5.74) is 0.223. The Bertz CT molecular complexity index is 420. The van der Waals surface area contributed by atoms with Gasteiger partial charge >= 0.3 is 12.6 Å². The molecule has 0 aliphatic rings. The molecule has 0 spiro atoms. The van der Waals surface area contributed by atoms with Crippen LogP contribution in [0, 0.1) is 0 Å². The molecule has 1 aromatic rings. The number of halogens is 2. The standard InChI is InChI=1S/C11H11F2NO4/c1-17-9(15)6-14-10(16)7-2-4-8(5-3-7)18-11(12)13/h2-5,11H,6H2,1H3,(H,14,16). The number of hydrogen-bond donors (Lipinski definition) is 1. The maximum atomic E-state index is 11.9. The van der Waals surface area contributed by atoms with Gasteiger partial charge in [-0.3, -0.25) is 9.59 Å². The highest BCUT2D eigenvalue weighted by atomic mass is 19.3. The van der Waals surface area contributed by atoms with Crippen LogP contribution in [0.4, 0.5) is 8.78 Å². The van der Waals surface area contributed by atoms with E-state index in [4.69, 9.17) is 0 Å². The van der Waals surface area contributed by atoms with Crippen molar-refractivity contribution in [2.24, 2.45) is 0 Å². The van der Waals surface area contributed by atoms with Crippen LogP contribution < -0.4 is 10.1 Å². The molecule has 0 radical (unpaired) electrons. The molecule has 0 saturated carbocycles. The number of carbonyl (C=O) groups excluding carboxylic acids is 2. The van der Waals surface area contributed by atoms with E-state index in [9.17, 15) is 18.4 Å². The van der Waals surface area contributed by atoms with Gasteiger partial charge in [-0.2, -0.15) is 8.78 Å². The van der Waals surface area contributed by atoms with E-state index in [1.54, 1.807) is 0 Å². The zero-order chi connectivity index (χ0) is 13.5. The Morgan fingerprint density at radius 2 is 1.89 bits per heavy atom. The highest BCUT2D eigenvalue weighted by molar-refractivity contribution is 5.95. The van der Waals surface area contributed by atoms with E-state index in [0.29, 0.717) is 0 Å². The molecule has 1 aromatic carbocycles. The van der Waals surface area contributed by atoms with Crippen molar-refractivity contribution in [2.45, 2.75) is 6.61 Å². The zero-order valence-electron chi connectivity index (χ0n) is 9.48. The first kappa shape index (κ1) is 13.9. The Balaban J connectivity index is 2.56. The van der Waals surface area contributed by atoms with Gasteiger partial charge in [0.1, 0.15) is 12.3 Å². The molecule has 1 N–H and O–H groups in total. The molecule has 1 rings (SSSR count). The number of benzene rings is 1. The Morgan fingerprint density at radius 3 is 2.39 bits per heavy atom. The van der Waals surface area contributed by atoms with Crippen LogP contribution in [-0.2, 0) is 9.53 Å². The largest absolute Gasteiger partial charge is 0.468 e. The zero-order valence-corrected chi connectivity index (χ0v) is 9.48. The molecule has 18 heavy (non-hydrogen) atoms. The minimum absolute atomic E-state index is 0.0467. The van der Waals surface area contributed by atoms with Crippen molar-refractivity contribution in [3.63, 3.8) is 0 Å². The fraction of sp³-hybridized carbons (Fsp3) is 0.273. The third kappa shape index (κ3) is 4.36. The maximum absolute atomic E-state index is 11.9. The number of carbonyl (C=O) groups is 2. The number of esters is 1. The maximum Gasteiger partial charge on any atom is 0.387 e. The van der Waals surface area contributed by atoms with Crippen molar-refractivity contribution >= 4 is 11.9 Å². The van der Waals surface area contributed by atoms with Gasteiger partial charge in [-0.05, 0) is 24.3 Å². The Kier molecular flexibility index (Phi) is 5.04. The van der Waals surface area contributed by atoms with Gasteiger partial charge in [0.15, 0.2) is 0 Å². The third-order valence-corrected chi connectivity index (χ3v) is 1.96. The molecule has 0 aromatic heterocycles. The van der Waals surface area contributed by atoms with Crippen LogP contribution in [0.1, 0.15) is 10.4 Å². The van der Waals surface area contributed by atoms with Crippen LogP contribution in [0.15, 0.2) is 24.3 Å². The number of hydrogen-bond acceptors (Lipinski definition) is 4. The van der Waals surface area contributed by atoms with Crippen molar-refractivity contribution in [3.05, 3.63) is 29.8 Å². The summed E-state index contributed by atoms with van der Waals surface area (Å²) in [4.78, 5) is 22.3. The lowest BCUT2D eigenvalue weighted by molar-refractivity contribution is -0.139. The van der Waals surface area contributed by atoms with Gasteiger partial charge in [-0.1, -0.05) is 0 Å². The second-order valence-electron chi connectivity index (χ2n) is 3.16. The number of nitrogens with one attached hydrogen (secondary N) is 1. The predicted molar refractivity (Wildman–Crippen MR) is 57.4 cm³/mol. The Morgan fingerprint density at radius 1 is 1.28 bits per heavy atom. The Labute approximate surface area is 102 Å². The summed E-state index contributed by atoms with van der Waals surface area (Å²) < 4.78 is 32.2. The fourth-order valence-corrected chi connectivity index (χ4v) is 1.11. The van der Waals surface area contributed by atoms with Gasteiger partial charge in [-0.25, -0.2) is 0 Å².